The van der Waals surface area contributed by atoms with E-state index >= 15 is 0 Å². The van der Waals surface area contributed by atoms with Crippen LogP contribution in [0.4, 0.5) is 0 Å². The lowest BCUT2D eigenvalue weighted by Crippen LogP contribution is -2.00. The van der Waals surface area contributed by atoms with Gasteiger partial charge in [0.15, 0.2) is 0 Å². The Morgan fingerprint density at radius 1 is 1.29 bits per heavy atom. The van der Waals surface area contributed by atoms with Crippen LogP contribution in [0.15, 0.2) is 42.5 Å². The van der Waals surface area contributed by atoms with E-state index in [-0.39, 0.29) is 0 Å². The van der Waals surface area contributed by atoms with E-state index in [1.807, 2.05) is 30.3 Å². The van der Waals surface area contributed by atoms with Crippen molar-refractivity contribution in [3.8, 4) is 22.3 Å². The molecule has 0 amide bonds. The Hall–Kier alpha value is -1.16. The molecule has 0 unspecified atom stereocenters. The molecule has 0 aliphatic carbocycles. The molecule has 0 aliphatic rings. The molecule has 2 rings (SSSR count). The fraction of sp³-hybridized carbons (Fsp3) is 0.0625. The van der Waals surface area contributed by atoms with Crippen molar-refractivity contribution in [2.75, 3.05) is 7.11 Å². The Morgan fingerprint density at radius 2 is 2.10 bits per heavy atom. The summed E-state index contributed by atoms with van der Waals surface area (Å²) in [4.78, 5) is 11.5. The van der Waals surface area contributed by atoms with Crippen molar-refractivity contribution in [2.24, 2.45) is 0 Å². The van der Waals surface area contributed by atoms with Crippen LogP contribution in [0.2, 0.25) is 5.02 Å². The smallest absolute Gasteiger partial charge is 0.337 e. The van der Waals surface area contributed by atoms with Crippen LogP contribution in [0.3, 0.4) is 0 Å². The normalized spacial score (nSPS) is 9.67. The van der Waals surface area contributed by atoms with Crippen LogP contribution in [-0.2, 0) is 4.74 Å². The van der Waals surface area contributed by atoms with Crippen LogP contribution < -0.4 is 0 Å². The average Bonchev–Trinajstić information content (AvgIpc) is 2.52. The van der Waals surface area contributed by atoms with E-state index in [0.29, 0.717) is 10.6 Å². The molecule has 0 aromatic heterocycles. The van der Waals surface area contributed by atoms with Gasteiger partial charge in [0.25, 0.3) is 0 Å². The first kappa shape index (κ1) is 16.2. The van der Waals surface area contributed by atoms with Crippen molar-refractivity contribution in [1.29, 1.82) is 0 Å². The number of ether oxygens (including phenoxy) is 1. The molecule has 2 nitrogen and oxygen atoms in total. The van der Waals surface area contributed by atoms with E-state index in [2.05, 4.69) is 37.1 Å². The van der Waals surface area contributed by atoms with Crippen LogP contribution >= 0.6 is 41.7 Å². The third kappa shape index (κ3) is 4.16. The number of carbonyl (C=O) groups is 1. The van der Waals surface area contributed by atoms with Crippen LogP contribution in [0.1, 0.15) is 15.9 Å². The predicted octanol–water partition coefficient (Wildman–Crippen LogP) is 5.19. The quantitative estimate of drug-likeness (QED) is 0.374. The maximum atomic E-state index is 11.5. The molecular weight excluding hydrogens is 419 g/mol. The van der Waals surface area contributed by atoms with Crippen LogP contribution in [0, 0.1) is 11.2 Å². The van der Waals surface area contributed by atoms with Crippen molar-refractivity contribution in [3.63, 3.8) is 0 Å². The number of hydrogen-bond donors (Lipinski definition) is 0. The molecule has 106 valence electrons. The van der Waals surface area contributed by atoms with Gasteiger partial charge in [-0.05, 0) is 44.0 Å². The van der Waals surface area contributed by atoms with E-state index in [0.717, 1.165) is 16.7 Å². The summed E-state index contributed by atoms with van der Waals surface area (Å²) in [6, 6.07) is 12.9. The number of halogens is 2. The fourth-order valence-corrected chi connectivity index (χ4v) is 2.61. The first-order chi connectivity index (χ1) is 10.2. The summed E-state index contributed by atoms with van der Waals surface area (Å²) in [6.45, 7) is 0. The lowest BCUT2D eigenvalue weighted by molar-refractivity contribution is 0.0601. The standard InChI is InChI=1S/C16H10ClIO2S/c1-20-16(19)13-5-6-14(15(17)10-13)12-4-2-3-11(9-12)7-8-21-18/h2-6,9-10H,1H3. The zero-order valence-corrected chi connectivity index (χ0v) is 14.8. The predicted molar refractivity (Wildman–Crippen MR) is 96.7 cm³/mol. The Labute approximate surface area is 144 Å². The van der Waals surface area contributed by atoms with Gasteiger partial charge in [0.1, 0.15) is 0 Å². The van der Waals surface area contributed by atoms with E-state index in [1.54, 1.807) is 12.1 Å². The molecule has 0 saturated heterocycles. The third-order valence-corrected chi connectivity index (χ3v) is 3.95. The molecule has 0 atom stereocenters. The molecule has 0 N–H and O–H groups in total. The summed E-state index contributed by atoms with van der Waals surface area (Å²) < 4.78 is 4.68. The Bertz CT molecular complexity index is 735. The number of esters is 1. The average molecular weight is 429 g/mol. The van der Waals surface area contributed by atoms with E-state index in [4.69, 9.17) is 11.6 Å². The summed E-state index contributed by atoms with van der Waals surface area (Å²) >= 11 is 8.40. The van der Waals surface area contributed by atoms with Gasteiger partial charge in [-0.3, -0.25) is 0 Å². The monoisotopic (exact) mass is 428 g/mol. The van der Waals surface area contributed by atoms with Gasteiger partial charge in [0.2, 0.25) is 0 Å². The third-order valence-electron chi connectivity index (χ3n) is 2.80. The Balaban J connectivity index is 2.40. The number of rotatable bonds is 2. The number of carbonyl (C=O) groups excluding carboxylic acids is 1. The lowest BCUT2D eigenvalue weighted by atomic mass is 10.0. The minimum atomic E-state index is -0.401. The fourth-order valence-electron chi connectivity index (χ4n) is 1.84. The summed E-state index contributed by atoms with van der Waals surface area (Å²) in [7, 11) is 2.79. The van der Waals surface area contributed by atoms with Crippen LogP contribution in [0.5, 0.6) is 0 Å². The molecule has 0 heterocycles. The summed E-state index contributed by atoms with van der Waals surface area (Å²) in [5, 5.41) is 3.45. The Kier molecular flexibility index (Phi) is 5.97. The summed E-state index contributed by atoms with van der Waals surface area (Å²) in [6.07, 6.45) is 0. The molecule has 21 heavy (non-hydrogen) atoms. The van der Waals surface area contributed by atoms with E-state index in [9.17, 15) is 4.79 Å². The van der Waals surface area contributed by atoms with Gasteiger partial charge in [-0.1, -0.05) is 35.7 Å². The molecule has 0 saturated carbocycles. The molecule has 5 heteroatoms. The van der Waals surface area contributed by atoms with Crippen molar-refractivity contribution in [2.45, 2.75) is 0 Å². The van der Waals surface area contributed by atoms with Gasteiger partial charge in [-0.25, -0.2) is 4.79 Å². The van der Waals surface area contributed by atoms with Gasteiger partial charge in [0.05, 0.1) is 12.7 Å². The lowest BCUT2D eigenvalue weighted by Gasteiger charge is -2.07. The number of methoxy groups -OCH3 is 1. The highest BCUT2D eigenvalue weighted by Crippen LogP contribution is 2.29. The van der Waals surface area contributed by atoms with Crippen molar-refractivity contribution in [1.82, 2.24) is 0 Å². The largest absolute Gasteiger partial charge is 0.465 e. The van der Waals surface area contributed by atoms with Gasteiger partial charge < -0.3 is 4.74 Å². The molecule has 2 aromatic carbocycles. The van der Waals surface area contributed by atoms with Gasteiger partial charge >= 0.3 is 5.97 Å². The van der Waals surface area contributed by atoms with Gasteiger partial charge in [0, 0.05) is 37.4 Å². The topological polar surface area (TPSA) is 26.3 Å². The van der Waals surface area contributed by atoms with Gasteiger partial charge in [-0.15, -0.1) is 0 Å². The minimum Gasteiger partial charge on any atom is -0.465 e. The number of hydrogen-bond acceptors (Lipinski definition) is 3. The molecule has 0 fully saturated rings. The first-order valence-electron chi connectivity index (χ1n) is 5.92. The zero-order chi connectivity index (χ0) is 15.2. The maximum Gasteiger partial charge on any atom is 0.337 e. The number of benzene rings is 2. The highest BCUT2D eigenvalue weighted by Gasteiger charge is 2.10. The summed E-state index contributed by atoms with van der Waals surface area (Å²) in [5.74, 6) is 2.65. The Morgan fingerprint density at radius 3 is 2.76 bits per heavy atom. The highest BCUT2D eigenvalue weighted by atomic mass is 127. The molecule has 0 radical (unpaired) electrons. The first-order valence-corrected chi connectivity index (χ1v) is 9.66. The molecule has 0 spiro atoms. The van der Waals surface area contributed by atoms with Crippen molar-refractivity contribution in [3.05, 3.63) is 58.6 Å². The SMILES string of the molecule is COC(=O)c1ccc(-c2cccc(C#CSI)c2)c(Cl)c1. The molecule has 0 bridgehead atoms. The van der Waals surface area contributed by atoms with Gasteiger partial charge in [-0.2, -0.15) is 0 Å². The maximum absolute atomic E-state index is 11.5. The van der Waals surface area contributed by atoms with Crippen LogP contribution in [0.25, 0.3) is 11.1 Å². The zero-order valence-electron chi connectivity index (χ0n) is 11.0. The highest BCUT2D eigenvalue weighted by molar-refractivity contribution is 14.2. The van der Waals surface area contributed by atoms with Crippen molar-refractivity contribution < 1.29 is 9.53 Å². The second kappa shape index (κ2) is 7.74. The molecule has 2 aromatic rings. The summed E-state index contributed by atoms with van der Waals surface area (Å²) in [5.41, 5.74) is 3.17. The van der Waals surface area contributed by atoms with E-state index < -0.39 is 5.97 Å². The minimum absolute atomic E-state index is 0.401. The molecule has 0 aliphatic heterocycles. The van der Waals surface area contributed by atoms with E-state index in [1.165, 1.54) is 16.0 Å². The second-order valence-corrected chi connectivity index (χ2v) is 6.16. The second-order valence-electron chi connectivity index (χ2n) is 4.07. The van der Waals surface area contributed by atoms with Crippen molar-refractivity contribution >= 4 is 47.7 Å². The van der Waals surface area contributed by atoms with Crippen LogP contribution in [-0.4, -0.2) is 13.1 Å². The molecular formula is C16H10ClIO2S.